The summed E-state index contributed by atoms with van der Waals surface area (Å²) in [5.41, 5.74) is 2.75. The van der Waals surface area contributed by atoms with Gasteiger partial charge in [0.15, 0.2) is 0 Å². The molecule has 1 aliphatic rings. The van der Waals surface area contributed by atoms with Crippen molar-refractivity contribution in [3.8, 4) is 5.75 Å². The lowest BCUT2D eigenvalue weighted by molar-refractivity contribution is 0.00175. The first-order valence-corrected chi connectivity index (χ1v) is 13.1. The molecule has 3 unspecified atom stereocenters. The third-order valence-electron chi connectivity index (χ3n) is 5.25. The van der Waals surface area contributed by atoms with E-state index in [1.54, 1.807) is 12.1 Å². The fraction of sp³-hybridized carbons (Fsp3) is 0.375. The van der Waals surface area contributed by atoms with Gasteiger partial charge in [-0.15, -0.1) is 0 Å². The topological polar surface area (TPSA) is 94.6 Å². The molecule has 1 saturated heterocycles. The highest BCUT2D eigenvalue weighted by atomic mass is 32.2. The second-order valence-electron chi connectivity index (χ2n) is 8.53. The first-order chi connectivity index (χ1) is 16.2. The van der Waals surface area contributed by atoms with Crippen LogP contribution in [0.2, 0.25) is 0 Å². The number of ether oxygens (including phenoxy) is 3. The summed E-state index contributed by atoms with van der Waals surface area (Å²) in [6.45, 7) is 5.44. The van der Waals surface area contributed by atoms with Crippen LogP contribution in [0, 0.1) is 12.7 Å². The summed E-state index contributed by atoms with van der Waals surface area (Å²) in [4.78, 5) is 8.76. The van der Waals surface area contributed by atoms with E-state index in [-0.39, 0.29) is 12.2 Å². The predicted molar refractivity (Wildman–Crippen MR) is 134 cm³/mol. The Morgan fingerprint density at radius 3 is 2.88 bits per heavy atom. The van der Waals surface area contributed by atoms with Crippen LogP contribution in [0.3, 0.4) is 0 Å². The number of nitrogens with zero attached hydrogens (tertiary/aromatic N) is 2. The molecule has 182 valence electrons. The third kappa shape index (κ3) is 6.13. The predicted octanol–water partition coefficient (Wildman–Crippen LogP) is 4.07. The summed E-state index contributed by atoms with van der Waals surface area (Å²) >= 11 is 0. The van der Waals surface area contributed by atoms with E-state index < -0.39 is 15.5 Å². The van der Waals surface area contributed by atoms with Crippen molar-refractivity contribution in [1.82, 2.24) is 9.97 Å². The van der Waals surface area contributed by atoms with Crippen LogP contribution in [-0.2, 0) is 19.2 Å². The minimum absolute atomic E-state index is 0.0652. The van der Waals surface area contributed by atoms with Crippen LogP contribution in [0.4, 0.5) is 21.6 Å². The molecule has 2 heterocycles. The van der Waals surface area contributed by atoms with Gasteiger partial charge >= 0.3 is 0 Å². The van der Waals surface area contributed by atoms with E-state index in [4.69, 9.17) is 14.2 Å². The van der Waals surface area contributed by atoms with Gasteiger partial charge in [0.2, 0.25) is 0 Å². The fourth-order valence-electron chi connectivity index (χ4n) is 3.79. The van der Waals surface area contributed by atoms with Gasteiger partial charge in [0.05, 0.1) is 30.5 Å². The lowest BCUT2D eigenvalue weighted by atomic mass is 10.1. The molecule has 8 nitrogen and oxygen atoms in total. The number of aryl methyl sites for hydroxylation is 1. The molecule has 0 aliphatic carbocycles. The van der Waals surface area contributed by atoms with Gasteiger partial charge in [0.25, 0.3) is 0 Å². The number of nitrogens with one attached hydrogen (secondary N) is 2. The largest absolute Gasteiger partial charge is 0.486 e. The summed E-state index contributed by atoms with van der Waals surface area (Å²) in [7, 11) is -2.43. The first kappa shape index (κ1) is 24.2. The molecule has 1 aliphatic heterocycles. The number of rotatable bonds is 9. The maximum atomic E-state index is 14.0. The third-order valence-corrected chi connectivity index (χ3v) is 5.92. The van der Waals surface area contributed by atoms with Gasteiger partial charge in [-0.2, -0.15) is 0 Å². The number of hydrogen-bond donors (Lipinski definition) is 2. The molecule has 0 bridgehead atoms. The summed E-state index contributed by atoms with van der Waals surface area (Å²) in [5.74, 6) is 4.12. The van der Waals surface area contributed by atoms with Crippen molar-refractivity contribution in [1.29, 1.82) is 0 Å². The van der Waals surface area contributed by atoms with E-state index in [0.29, 0.717) is 48.3 Å². The molecule has 0 spiro atoms. The zero-order chi connectivity index (χ0) is 24.3. The fourth-order valence-corrected chi connectivity index (χ4v) is 4.40. The lowest BCUT2D eigenvalue weighted by Gasteiger charge is -2.20. The zero-order valence-electron chi connectivity index (χ0n) is 19.5. The summed E-state index contributed by atoms with van der Waals surface area (Å²) in [6.07, 6.45) is 3.60. The van der Waals surface area contributed by atoms with Crippen LogP contribution in [0.1, 0.15) is 18.9 Å². The van der Waals surface area contributed by atoms with Crippen molar-refractivity contribution in [2.45, 2.75) is 32.5 Å². The van der Waals surface area contributed by atoms with Gasteiger partial charge in [-0.3, -0.25) is 0 Å². The van der Waals surface area contributed by atoms with Crippen LogP contribution in [0.15, 0.2) is 36.7 Å². The van der Waals surface area contributed by atoms with Gasteiger partial charge in [-0.1, -0.05) is 0 Å². The number of aromatic nitrogens is 2. The average Bonchev–Trinajstić information content (AvgIpc) is 3.26. The molecular weight excluding hydrogens is 459 g/mol. The van der Waals surface area contributed by atoms with Crippen molar-refractivity contribution < 1.29 is 22.8 Å². The quantitative estimate of drug-likeness (QED) is 0.439. The summed E-state index contributed by atoms with van der Waals surface area (Å²) < 4.78 is 46.2. The average molecular weight is 489 g/mol. The monoisotopic (exact) mass is 488 g/mol. The Morgan fingerprint density at radius 1 is 1.32 bits per heavy atom. The molecule has 34 heavy (non-hydrogen) atoms. The normalized spacial score (nSPS) is 18.4. The molecule has 0 saturated carbocycles. The molecule has 2 aromatic carbocycles. The molecule has 2 N–H and O–H groups in total. The van der Waals surface area contributed by atoms with E-state index in [1.165, 1.54) is 24.7 Å². The minimum Gasteiger partial charge on any atom is -0.486 e. The van der Waals surface area contributed by atoms with Gasteiger partial charge in [-0.25, -0.2) is 18.6 Å². The van der Waals surface area contributed by atoms with E-state index in [1.807, 2.05) is 19.9 Å². The zero-order valence-corrected chi connectivity index (χ0v) is 20.3. The molecule has 1 aromatic heterocycles. The number of benzene rings is 2. The lowest BCUT2D eigenvalue weighted by Crippen LogP contribution is -2.24. The molecule has 3 aromatic rings. The Bertz CT molecular complexity index is 1280. The Labute approximate surface area is 199 Å². The Hall–Kier alpha value is -2.95. The molecule has 3 atom stereocenters. The molecular formula is C24H29FN4O4S. The van der Waals surface area contributed by atoms with Crippen molar-refractivity contribution in [2.24, 2.45) is 0 Å². The van der Waals surface area contributed by atoms with Crippen LogP contribution < -0.4 is 14.8 Å². The maximum Gasteiger partial charge on any atom is 0.146 e. The summed E-state index contributed by atoms with van der Waals surface area (Å²) in [6, 6.07) is 7.95. The van der Waals surface area contributed by atoms with Crippen molar-refractivity contribution in [3.63, 3.8) is 0 Å². The molecule has 0 amide bonds. The van der Waals surface area contributed by atoms with E-state index in [2.05, 4.69) is 25.9 Å². The van der Waals surface area contributed by atoms with Gasteiger partial charge in [0.1, 0.15) is 29.8 Å². The standard InChI is InChI=1S/C24H29FN4O4S/c1-15-9-18(29-34(3,4)30)11-21-23(15)24(27-14-26-21)28-20-6-5-17(25)10-22(20)33-16(2)12-32-19-7-8-31-13-19/h5-6,9-11,14,16,19H,3,7-8,12-13H2,1-2,4H3,(H,29,30)(H,26,27,28). The SMILES string of the molecule is C=S(C)(=O)Nc1cc(C)c2c(Nc3ccc(F)cc3OC(C)COC3CCOC3)ncnc2c1. The van der Waals surface area contributed by atoms with Gasteiger partial charge < -0.3 is 24.2 Å². The highest BCUT2D eigenvalue weighted by Crippen LogP contribution is 2.33. The van der Waals surface area contributed by atoms with E-state index >= 15 is 0 Å². The highest BCUT2D eigenvalue weighted by molar-refractivity contribution is 8.00. The summed E-state index contributed by atoms with van der Waals surface area (Å²) in [5, 5.41) is 4.05. The van der Waals surface area contributed by atoms with Crippen molar-refractivity contribution in [3.05, 3.63) is 48.0 Å². The minimum atomic E-state index is -2.43. The molecule has 0 radical (unpaired) electrons. The molecule has 10 heteroatoms. The Balaban J connectivity index is 1.58. The van der Waals surface area contributed by atoms with Crippen LogP contribution in [0.5, 0.6) is 5.75 Å². The van der Waals surface area contributed by atoms with Gasteiger partial charge in [-0.05, 0) is 56.0 Å². The van der Waals surface area contributed by atoms with Crippen molar-refractivity contribution in [2.75, 3.05) is 36.1 Å². The number of anilines is 3. The van der Waals surface area contributed by atoms with Crippen LogP contribution >= 0.6 is 0 Å². The number of halogens is 1. The second-order valence-corrected chi connectivity index (χ2v) is 10.7. The van der Waals surface area contributed by atoms with E-state index in [0.717, 1.165) is 17.4 Å². The highest BCUT2D eigenvalue weighted by Gasteiger charge is 2.19. The Morgan fingerprint density at radius 2 is 2.15 bits per heavy atom. The van der Waals surface area contributed by atoms with Crippen molar-refractivity contribution >= 4 is 43.7 Å². The number of fused-ring (bicyclic) bond motifs is 1. The first-order valence-electron chi connectivity index (χ1n) is 11.0. The Kier molecular flexibility index (Phi) is 7.20. The molecule has 1 fully saturated rings. The van der Waals surface area contributed by atoms with Crippen LogP contribution in [-0.4, -0.2) is 58.3 Å². The van der Waals surface area contributed by atoms with E-state index in [9.17, 15) is 8.60 Å². The molecule has 4 rings (SSSR count). The smallest absolute Gasteiger partial charge is 0.146 e. The van der Waals surface area contributed by atoms with Gasteiger partial charge in [0, 0.05) is 39.7 Å². The second kappa shape index (κ2) is 10.1. The van der Waals surface area contributed by atoms with Crippen LogP contribution in [0.25, 0.3) is 10.9 Å². The maximum absolute atomic E-state index is 14.0. The number of hydrogen-bond acceptors (Lipinski definition) is 7.